The second-order valence-electron chi connectivity index (χ2n) is 13.9. The predicted molar refractivity (Wildman–Crippen MR) is 259 cm³/mol. The van der Waals surface area contributed by atoms with Crippen molar-refractivity contribution in [3.63, 3.8) is 0 Å². The molecule has 0 aliphatic carbocycles. The van der Waals surface area contributed by atoms with E-state index >= 15 is 0 Å². The van der Waals surface area contributed by atoms with Gasteiger partial charge >= 0.3 is 0 Å². The molecule has 2 heterocycles. The maximum absolute atomic E-state index is 13.4. The molecule has 0 bridgehead atoms. The number of nitrogens with one attached hydrogen (secondary N) is 2. The van der Waals surface area contributed by atoms with Gasteiger partial charge < -0.3 is 33.6 Å². The molecule has 2 amide bonds. The molecule has 398 valence electrons. The van der Waals surface area contributed by atoms with Crippen LogP contribution in [0, 0.1) is 0 Å². The van der Waals surface area contributed by atoms with Gasteiger partial charge in [-0.3, -0.25) is 36.9 Å². The van der Waals surface area contributed by atoms with E-state index in [-0.39, 0.29) is 21.8 Å². The van der Waals surface area contributed by atoms with Gasteiger partial charge in [0.2, 0.25) is 0 Å². The summed E-state index contributed by atoms with van der Waals surface area (Å²) in [6.07, 6.45) is 0. The van der Waals surface area contributed by atoms with E-state index < -0.39 is 172 Å². The molecule has 2 aromatic heterocycles. The summed E-state index contributed by atoms with van der Waals surface area (Å²) in [6.45, 7) is 0. The average molecular weight is 1190 g/mol. The van der Waals surface area contributed by atoms with Gasteiger partial charge in [0.15, 0.2) is 45.0 Å². The van der Waals surface area contributed by atoms with Crippen LogP contribution in [0.1, 0.15) is 20.7 Å². The lowest BCUT2D eigenvalue weighted by Gasteiger charge is -2.14. The first kappa shape index (κ1) is 58.2. The number of azo groups is 2. The number of carbonyl (C=O) groups excluding carboxylic acids is 2. The molecule has 0 aliphatic heterocycles. The second-order valence-corrected chi connectivity index (χ2v) is 24.8. The summed E-state index contributed by atoms with van der Waals surface area (Å²) in [7, 11) is -30.3. The number of carbonyl (C=O) groups is 2. The zero-order valence-corrected chi connectivity index (χ0v) is 42.5. The van der Waals surface area contributed by atoms with Gasteiger partial charge in [-0.2, -0.15) is 50.5 Å². The fraction of sp³-hybridized carbons (Fsp3) is 0.125. The Labute approximate surface area is 424 Å². The molecule has 5 aromatic rings. The summed E-state index contributed by atoms with van der Waals surface area (Å²) in [5, 5.41) is 17.9. The van der Waals surface area contributed by atoms with Gasteiger partial charge in [-0.05, 0) is 48.5 Å². The van der Waals surface area contributed by atoms with Crippen LogP contribution in [0.2, 0.25) is 0 Å². The summed E-state index contributed by atoms with van der Waals surface area (Å²) in [6, 6.07) is 4.96. The van der Waals surface area contributed by atoms with Crippen LogP contribution >= 0.6 is 23.5 Å². The van der Waals surface area contributed by atoms with E-state index in [2.05, 4.69) is 40.4 Å². The monoisotopic (exact) mass is 1190 g/mol. The number of benzene rings is 3. The molecule has 0 spiro atoms. The Bertz CT molecular complexity index is 3590. The van der Waals surface area contributed by atoms with Gasteiger partial charge in [0, 0.05) is 22.6 Å². The molecule has 42 heteroatoms. The van der Waals surface area contributed by atoms with Crippen LogP contribution in [-0.2, 0) is 60.7 Å². The summed E-state index contributed by atoms with van der Waals surface area (Å²) >= 11 is 1.39. The number of nitrogen functional groups attached to an aromatic ring is 4. The highest BCUT2D eigenvalue weighted by Crippen LogP contribution is 2.39. The summed E-state index contributed by atoms with van der Waals surface area (Å²) in [5.41, 5.74) is 17.4. The minimum Gasteiger partial charge on any atom is -0.382 e. The van der Waals surface area contributed by atoms with Gasteiger partial charge in [-0.1, -0.05) is 23.5 Å². The molecule has 0 fully saturated rings. The lowest BCUT2D eigenvalue weighted by Crippen LogP contribution is -2.17. The van der Waals surface area contributed by atoms with Crippen molar-refractivity contribution >= 4 is 153 Å². The maximum Gasteiger partial charge on any atom is 0.296 e. The highest BCUT2D eigenvalue weighted by Gasteiger charge is 2.29. The molecule has 5 rings (SSSR count). The van der Waals surface area contributed by atoms with E-state index in [1.807, 2.05) is 10.6 Å². The number of thioether (sulfide) groups is 2. The molecule has 16 N–H and O–H groups in total. The number of anilines is 6. The van der Waals surface area contributed by atoms with Crippen LogP contribution < -0.4 is 33.6 Å². The van der Waals surface area contributed by atoms with E-state index in [4.69, 9.17) is 32.0 Å². The van der Waals surface area contributed by atoms with Crippen molar-refractivity contribution in [2.45, 2.75) is 29.9 Å². The van der Waals surface area contributed by atoms with Crippen molar-refractivity contribution in [2.75, 3.05) is 56.6 Å². The van der Waals surface area contributed by atoms with Crippen LogP contribution in [0.15, 0.2) is 98.9 Å². The first-order valence-electron chi connectivity index (χ1n) is 18.8. The molecular formula is C32H32N14O20S8. The van der Waals surface area contributed by atoms with E-state index in [1.54, 1.807) is 0 Å². The molecule has 74 heavy (non-hydrogen) atoms. The minimum atomic E-state index is -5.42. The Morgan fingerprint density at radius 1 is 0.459 bits per heavy atom. The van der Waals surface area contributed by atoms with Gasteiger partial charge in [-0.15, -0.1) is 20.5 Å². The van der Waals surface area contributed by atoms with Crippen molar-refractivity contribution in [1.82, 2.24) is 19.9 Å². The Morgan fingerprint density at radius 2 is 0.743 bits per heavy atom. The van der Waals surface area contributed by atoms with Crippen LogP contribution in [0.3, 0.4) is 0 Å². The van der Waals surface area contributed by atoms with E-state index in [1.165, 1.54) is 0 Å². The number of hydrogen-bond acceptors (Lipinski definition) is 28. The lowest BCUT2D eigenvalue weighted by molar-refractivity contribution is 0.101. The van der Waals surface area contributed by atoms with E-state index in [9.17, 15) is 78.3 Å². The first-order chi connectivity index (χ1) is 33.9. The molecule has 3 aromatic carbocycles. The molecule has 0 radical (unpaired) electrons. The molecule has 0 atom stereocenters. The SMILES string of the molecule is Nc1nc(SCCS(=O)(=O)O)nc(N)c1N=Nc1cc(S(=O)(=O)O)c(NC(=O)c2ccc(C(=O)Nc3cc(S(=O)(=O)O)c(N=Nc4c(N)nc(SCCS(=O)(=O)O)nc4N)cc3S(=O)(=O)O)cc2)cc1S(=O)(=O)O. The number of aromatic nitrogens is 4. The fourth-order valence-electron chi connectivity index (χ4n) is 5.41. The van der Waals surface area contributed by atoms with Crippen LogP contribution in [0.5, 0.6) is 0 Å². The molecule has 0 saturated carbocycles. The molecule has 0 unspecified atom stereocenters. The standard InChI is InChI=1S/C32H32N14O20S8/c33-25-23(26(34)40-31(39-25)67-5-7-69(49,50)51)45-43-17-11-19(71(55,56)57)15(9-21(17)73(61,62)63)37-29(47)13-1-2-14(4-3-13)30(48)38-16-10-22(74(64,65)66)18(12-20(16)72(58,59)60)44-46-24-27(35)41-32(42-28(24)36)68-6-8-70(52,53)54/h1-4,9-12H,5-8H2,(H,37,47)(H,38,48)(H,49,50,51)(H,52,53,54)(H,55,56,57)(H,58,59,60)(H,61,62,63)(H,64,65,66)(H4,33,34,39,40)(H4,35,36,41,42). The number of nitrogens with two attached hydrogens (primary N) is 4. The zero-order chi connectivity index (χ0) is 55.5. The third-order valence-corrected chi connectivity index (χ3v) is 15.8. The van der Waals surface area contributed by atoms with Gasteiger partial charge in [-0.25, -0.2) is 19.9 Å². The Morgan fingerprint density at radius 3 is 1.00 bits per heavy atom. The quantitative estimate of drug-likeness (QED) is 0.0229. The third-order valence-electron chi connectivity index (χ3n) is 8.63. The maximum atomic E-state index is 13.4. The van der Waals surface area contributed by atoms with Crippen molar-refractivity contribution in [3.05, 3.63) is 59.7 Å². The van der Waals surface area contributed by atoms with E-state index in [0.29, 0.717) is 47.8 Å². The Balaban J connectivity index is 1.42. The summed E-state index contributed by atoms with van der Waals surface area (Å²) in [4.78, 5) is 37.0. The normalized spacial score (nSPS) is 12.8. The number of rotatable bonds is 20. The molecule has 0 aliphatic rings. The van der Waals surface area contributed by atoms with Crippen molar-refractivity contribution in [1.29, 1.82) is 0 Å². The minimum absolute atomic E-state index is 0.197. The first-order valence-corrected chi connectivity index (χ1v) is 29.7. The topological polar surface area (TPSA) is 590 Å². The Kier molecular flexibility index (Phi) is 17.3. The van der Waals surface area contributed by atoms with Crippen molar-refractivity contribution < 1.29 is 87.4 Å². The Hall–Kier alpha value is -6.68. The largest absolute Gasteiger partial charge is 0.382 e. The van der Waals surface area contributed by atoms with Crippen LogP contribution in [0.4, 0.5) is 57.4 Å². The van der Waals surface area contributed by atoms with Gasteiger partial charge in [0.25, 0.3) is 72.5 Å². The number of amides is 2. The molecule has 0 saturated heterocycles. The van der Waals surface area contributed by atoms with Crippen molar-refractivity contribution in [2.24, 2.45) is 20.5 Å². The van der Waals surface area contributed by atoms with E-state index in [0.717, 1.165) is 24.3 Å². The molecule has 34 nitrogen and oxygen atoms in total. The van der Waals surface area contributed by atoms with Crippen LogP contribution in [-0.4, -0.2) is 133 Å². The highest BCUT2D eigenvalue weighted by molar-refractivity contribution is 8.00. The third kappa shape index (κ3) is 15.7. The smallest absolute Gasteiger partial charge is 0.296 e. The highest BCUT2D eigenvalue weighted by atomic mass is 32.2. The lowest BCUT2D eigenvalue weighted by atomic mass is 10.1. The van der Waals surface area contributed by atoms with Crippen molar-refractivity contribution in [3.8, 4) is 0 Å². The molecular weight excluding hydrogens is 1160 g/mol. The average Bonchev–Trinajstić information content (AvgIpc) is 3.24. The van der Waals surface area contributed by atoms with Gasteiger partial charge in [0.05, 0.1) is 22.9 Å². The zero-order valence-electron chi connectivity index (χ0n) is 36.0. The van der Waals surface area contributed by atoms with Gasteiger partial charge in [0.1, 0.15) is 31.0 Å². The fourth-order valence-corrected chi connectivity index (χ4v) is 11.3. The summed E-state index contributed by atoms with van der Waals surface area (Å²) < 4.78 is 202. The summed E-state index contributed by atoms with van der Waals surface area (Å²) in [5.74, 6) is -6.55. The second kappa shape index (κ2) is 22.0. The predicted octanol–water partition coefficient (Wildman–Crippen LogP) is 1.88. The number of nitrogens with zero attached hydrogens (tertiary/aromatic N) is 8. The number of hydrogen-bond donors (Lipinski definition) is 12. The van der Waals surface area contributed by atoms with Crippen LogP contribution in [0.25, 0.3) is 0 Å².